The Morgan fingerprint density at radius 1 is 0.938 bits per heavy atom. The van der Waals surface area contributed by atoms with Gasteiger partial charge >= 0.3 is 6.18 Å². The average molecular weight is 448 g/mol. The van der Waals surface area contributed by atoms with Crippen LogP contribution < -0.4 is 15.5 Å². The fourth-order valence-electron chi connectivity index (χ4n) is 3.65. The molecule has 0 bridgehead atoms. The van der Waals surface area contributed by atoms with Gasteiger partial charge in [-0.1, -0.05) is 19.1 Å². The second-order valence-corrected chi connectivity index (χ2v) is 7.68. The Bertz CT molecular complexity index is 926. The summed E-state index contributed by atoms with van der Waals surface area (Å²) < 4.78 is 39.3. The summed E-state index contributed by atoms with van der Waals surface area (Å²) in [4.78, 5) is 28.6. The van der Waals surface area contributed by atoms with E-state index in [-0.39, 0.29) is 24.7 Å². The molecule has 172 valence electrons. The topological polar surface area (TPSA) is 64.7 Å². The van der Waals surface area contributed by atoms with Gasteiger partial charge in [-0.2, -0.15) is 13.2 Å². The molecule has 32 heavy (non-hydrogen) atoms. The number of nitrogens with zero attached hydrogens (tertiary/aromatic N) is 2. The van der Waals surface area contributed by atoms with Gasteiger partial charge in [0.05, 0.1) is 24.3 Å². The first-order chi connectivity index (χ1) is 15.3. The maximum atomic E-state index is 13.1. The zero-order valence-electron chi connectivity index (χ0n) is 17.9. The maximum absolute atomic E-state index is 13.1. The second kappa shape index (κ2) is 10.5. The smallest absolute Gasteiger partial charge is 0.372 e. The van der Waals surface area contributed by atoms with E-state index in [1.54, 1.807) is 11.8 Å². The van der Waals surface area contributed by atoms with Gasteiger partial charge in [-0.3, -0.25) is 14.5 Å². The first-order valence-electron chi connectivity index (χ1n) is 10.6. The first-order valence-corrected chi connectivity index (χ1v) is 10.6. The minimum Gasteiger partial charge on any atom is -0.372 e. The van der Waals surface area contributed by atoms with Crippen LogP contribution in [0.1, 0.15) is 25.3 Å². The van der Waals surface area contributed by atoms with E-state index in [9.17, 15) is 22.8 Å². The highest BCUT2D eigenvalue weighted by molar-refractivity contribution is 5.95. The van der Waals surface area contributed by atoms with E-state index in [4.69, 9.17) is 0 Å². The highest BCUT2D eigenvalue weighted by Gasteiger charge is 2.33. The van der Waals surface area contributed by atoms with Gasteiger partial charge < -0.3 is 15.5 Å². The Labute approximate surface area is 185 Å². The van der Waals surface area contributed by atoms with Crippen molar-refractivity contribution in [1.82, 2.24) is 4.90 Å². The van der Waals surface area contributed by atoms with Crippen LogP contribution in [0.25, 0.3) is 0 Å². The molecule has 2 N–H and O–H groups in total. The number of halogens is 3. The van der Waals surface area contributed by atoms with E-state index in [2.05, 4.69) is 15.5 Å². The molecule has 0 unspecified atom stereocenters. The molecule has 1 fully saturated rings. The zero-order chi connectivity index (χ0) is 23.1. The lowest BCUT2D eigenvalue weighted by Crippen LogP contribution is -2.38. The lowest BCUT2D eigenvalue weighted by atomic mass is 10.1. The molecule has 2 aromatic rings. The van der Waals surface area contributed by atoms with Gasteiger partial charge in [-0.05, 0) is 55.8 Å². The summed E-state index contributed by atoms with van der Waals surface area (Å²) in [7, 11) is 0. The molecule has 2 aromatic carbocycles. The molecule has 9 heteroatoms. The van der Waals surface area contributed by atoms with Crippen molar-refractivity contribution in [3.8, 4) is 0 Å². The van der Waals surface area contributed by atoms with Crippen LogP contribution >= 0.6 is 0 Å². The number of nitrogens with one attached hydrogen (secondary N) is 2. The third-order valence-electron chi connectivity index (χ3n) is 5.31. The van der Waals surface area contributed by atoms with Crippen LogP contribution in [0.15, 0.2) is 48.5 Å². The molecule has 1 saturated heterocycles. The number of rotatable bonds is 8. The number of amides is 2. The Balaban J connectivity index is 1.52. The Kier molecular flexibility index (Phi) is 7.74. The Hall–Kier alpha value is -3.07. The van der Waals surface area contributed by atoms with Crippen LogP contribution in [0.4, 0.5) is 30.2 Å². The van der Waals surface area contributed by atoms with E-state index < -0.39 is 17.6 Å². The summed E-state index contributed by atoms with van der Waals surface area (Å²) in [6.45, 7) is 3.97. The summed E-state index contributed by atoms with van der Waals surface area (Å²) in [5.74, 6) is -0.921. The molecule has 0 atom stereocenters. The maximum Gasteiger partial charge on any atom is 0.418 e. The monoisotopic (exact) mass is 448 g/mol. The van der Waals surface area contributed by atoms with Gasteiger partial charge in [0.2, 0.25) is 11.8 Å². The summed E-state index contributed by atoms with van der Waals surface area (Å²) in [6, 6.07) is 12.4. The van der Waals surface area contributed by atoms with Crippen molar-refractivity contribution >= 4 is 28.9 Å². The number of alkyl halides is 3. The van der Waals surface area contributed by atoms with Gasteiger partial charge in [0, 0.05) is 24.5 Å². The predicted octanol–water partition coefficient (Wildman–Crippen LogP) is 4.20. The molecule has 6 nitrogen and oxygen atoms in total. The molecule has 1 aliphatic heterocycles. The lowest BCUT2D eigenvalue weighted by Gasteiger charge is -2.21. The molecule has 1 aliphatic rings. The minimum atomic E-state index is -4.57. The zero-order valence-corrected chi connectivity index (χ0v) is 17.9. The normalized spacial score (nSPS) is 14.0. The molecule has 0 radical (unpaired) electrons. The van der Waals surface area contributed by atoms with Crippen LogP contribution in [0.3, 0.4) is 0 Å². The van der Waals surface area contributed by atoms with Crippen molar-refractivity contribution < 1.29 is 22.8 Å². The van der Waals surface area contributed by atoms with Crippen molar-refractivity contribution in [3.05, 3.63) is 54.1 Å². The molecule has 2 amide bonds. The Morgan fingerprint density at radius 3 is 2.12 bits per heavy atom. The van der Waals surface area contributed by atoms with Crippen LogP contribution in [0.2, 0.25) is 0 Å². The van der Waals surface area contributed by atoms with Gasteiger partial charge in [-0.15, -0.1) is 0 Å². The fraction of sp³-hybridized carbons (Fsp3) is 0.391. The largest absolute Gasteiger partial charge is 0.418 e. The molecule has 0 aliphatic carbocycles. The molecule has 0 saturated carbocycles. The predicted molar refractivity (Wildman–Crippen MR) is 119 cm³/mol. The third kappa shape index (κ3) is 6.46. The number of carbonyl (C=O) groups is 2. The summed E-state index contributed by atoms with van der Waals surface area (Å²) >= 11 is 0. The fourth-order valence-corrected chi connectivity index (χ4v) is 3.65. The van der Waals surface area contributed by atoms with Crippen molar-refractivity contribution in [1.29, 1.82) is 0 Å². The van der Waals surface area contributed by atoms with Gasteiger partial charge in [-0.25, -0.2) is 0 Å². The quantitative estimate of drug-likeness (QED) is 0.635. The number of carbonyl (C=O) groups excluding carboxylic acids is 2. The molecular weight excluding hydrogens is 421 g/mol. The lowest BCUT2D eigenvalue weighted by molar-refractivity contribution is -0.137. The average Bonchev–Trinajstić information content (AvgIpc) is 3.28. The van der Waals surface area contributed by atoms with Crippen LogP contribution in [-0.2, 0) is 15.8 Å². The van der Waals surface area contributed by atoms with E-state index in [0.717, 1.165) is 24.8 Å². The van der Waals surface area contributed by atoms with Crippen molar-refractivity contribution in [3.63, 3.8) is 0 Å². The summed E-state index contributed by atoms with van der Waals surface area (Å²) in [6.07, 6.45) is -2.21. The second-order valence-electron chi connectivity index (χ2n) is 7.68. The van der Waals surface area contributed by atoms with Crippen LogP contribution in [0, 0.1) is 0 Å². The standard InChI is InChI=1S/C23H27F3N4O2/c1-2-29(16-22(32)28-20-8-4-3-7-19(20)23(24,25)26)15-21(31)27-17-9-11-18(12-10-17)30-13-5-6-14-30/h3-4,7-12H,2,5-6,13-16H2,1H3,(H,27,31)(H,28,32). The first kappa shape index (κ1) is 23.6. The van der Waals surface area contributed by atoms with Gasteiger partial charge in [0.1, 0.15) is 0 Å². The number of para-hydroxylation sites is 1. The van der Waals surface area contributed by atoms with E-state index >= 15 is 0 Å². The van der Waals surface area contributed by atoms with E-state index in [0.29, 0.717) is 12.2 Å². The number of hydrogen-bond donors (Lipinski definition) is 2. The highest BCUT2D eigenvalue weighted by atomic mass is 19.4. The Morgan fingerprint density at radius 2 is 1.53 bits per heavy atom. The molecule has 0 spiro atoms. The number of anilines is 3. The van der Waals surface area contributed by atoms with Gasteiger partial charge in [0.15, 0.2) is 0 Å². The SMILES string of the molecule is CCN(CC(=O)Nc1ccc(N2CCCC2)cc1)CC(=O)Nc1ccccc1C(F)(F)F. The highest BCUT2D eigenvalue weighted by Crippen LogP contribution is 2.34. The van der Waals surface area contributed by atoms with Crippen molar-refractivity contribution in [2.75, 3.05) is 48.3 Å². The third-order valence-corrected chi connectivity index (χ3v) is 5.31. The van der Waals surface area contributed by atoms with E-state index in [1.165, 1.54) is 31.0 Å². The number of likely N-dealkylation sites (N-methyl/N-ethyl adjacent to an activating group) is 1. The van der Waals surface area contributed by atoms with Crippen LogP contribution in [-0.4, -0.2) is 49.4 Å². The molecule has 3 rings (SSSR count). The summed E-state index contributed by atoms with van der Waals surface area (Å²) in [5, 5.41) is 5.10. The van der Waals surface area contributed by atoms with Crippen LogP contribution in [0.5, 0.6) is 0 Å². The number of benzene rings is 2. The van der Waals surface area contributed by atoms with Crippen molar-refractivity contribution in [2.24, 2.45) is 0 Å². The van der Waals surface area contributed by atoms with E-state index in [1.807, 2.05) is 24.3 Å². The number of hydrogen-bond acceptors (Lipinski definition) is 4. The minimum absolute atomic E-state index is 0.0568. The van der Waals surface area contributed by atoms with Gasteiger partial charge in [0.25, 0.3) is 0 Å². The van der Waals surface area contributed by atoms with Crippen molar-refractivity contribution in [2.45, 2.75) is 25.9 Å². The molecule has 1 heterocycles. The molecule has 0 aromatic heterocycles. The summed E-state index contributed by atoms with van der Waals surface area (Å²) in [5.41, 5.74) is 0.555. The molecular formula is C23H27F3N4O2.